The number of ether oxygens (including phenoxy) is 1. The lowest BCUT2D eigenvalue weighted by molar-refractivity contribution is -0.432. The second-order valence-electron chi connectivity index (χ2n) is 12.6. The number of carbonyl (C=O) groups is 3. The first-order chi connectivity index (χ1) is 26.9. The summed E-state index contributed by atoms with van der Waals surface area (Å²) in [6.07, 6.45) is 0.346. The standard InChI is InChI=1S/C38H36N3O12PS2/c1-50-37(44)25-13-12-22(20-30(25)54(23-8-4-2-5-9-23)24-10-6-3-7-11-24)36(43)41-19-18-40-32(42)21-31(55-53-52-46)26-14-15-28-33(26)27-16-17-29(39)35(56(47,48)49)34(27)51-38(28)45/h2-13,16-17,20,26,31,46H,14-15,18-19,21,39H2,1H3,(H,40,42)(H,41,43)(H,47,48,49). The molecule has 0 fully saturated rings. The number of carbonyl (C=O) groups excluding carboxylic acids is 3. The van der Waals surface area contributed by atoms with Gasteiger partial charge in [-0.1, -0.05) is 65.7 Å². The number of nitrogens with two attached hydrogens (primary N) is 1. The summed E-state index contributed by atoms with van der Waals surface area (Å²) in [6.45, 7) is 0.0640. The summed E-state index contributed by atoms with van der Waals surface area (Å²) in [6, 6.07) is 26.9. The van der Waals surface area contributed by atoms with E-state index < -0.39 is 63.1 Å². The zero-order valence-corrected chi connectivity index (χ0v) is 32.2. The molecule has 5 aromatic rings. The Kier molecular flexibility index (Phi) is 12.9. The average molecular weight is 822 g/mol. The van der Waals surface area contributed by atoms with Crippen LogP contribution in [0.3, 0.4) is 0 Å². The number of methoxy groups -OCH3 is 1. The molecule has 4 aromatic carbocycles. The van der Waals surface area contributed by atoms with E-state index in [1.54, 1.807) is 12.1 Å². The minimum atomic E-state index is -4.89. The monoisotopic (exact) mass is 821 g/mol. The summed E-state index contributed by atoms with van der Waals surface area (Å²) in [5, 5.41) is 20.3. The van der Waals surface area contributed by atoms with E-state index in [9.17, 15) is 32.1 Å². The first kappa shape index (κ1) is 40.5. The molecule has 2 amide bonds. The van der Waals surface area contributed by atoms with Crippen molar-refractivity contribution < 1.29 is 51.1 Å². The van der Waals surface area contributed by atoms with Crippen molar-refractivity contribution in [3.05, 3.63) is 124 Å². The first-order valence-electron chi connectivity index (χ1n) is 17.1. The van der Waals surface area contributed by atoms with Crippen LogP contribution in [0.4, 0.5) is 5.69 Å². The highest BCUT2D eigenvalue weighted by molar-refractivity contribution is 7.95. The van der Waals surface area contributed by atoms with Gasteiger partial charge in [-0.25, -0.2) is 14.8 Å². The fourth-order valence-electron chi connectivity index (χ4n) is 6.83. The molecule has 1 aliphatic rings. The molecule has 18 heteroatoms. The predicted octanol–water partition coefficient (Wildman–Crippen LogP) is 3.57. The second-order valence-corrected chi connectivity index (χ2v) is 17.1. The maximum atomic E-state index is 13.4. The van der Waals surface area contributed by atoms with Gasteiger partial charge in [0.1, 0.15) is 0 Å². The number of anilines is 1. The molecule has 0 saturated heterocycles. The van der Waals surface area contributed by atoms with E-state index >= 15 is 0 Å². The summed E-state index contributed by atoms with van der Waals surface area (Å²) in [5.41, 5.74) is 5.54. The minimum Gasteiger partial charge on any atom is -0.465 e. The summed E-state index contributed by atoms with van der Waals surface area (Å²) in [5.74, 6) is -2.04. The van der Waals surface area contributed by atoms with Gasteiger partial charge in [-0.2, -0.15) is 8.42 Å². The highest BCUT2D eigenvalue weighted by Crippen LogP contribution is 2.45. The number of hydrogen-bond acceptors (Lipinski definition) is 13. The molecule has 0 saturated carbocycles. The molecule has 0 spiro atoms. The van der Waals surface area contributed by atoms with Gasteiger partial charge in [0, 0.05) is 59.3 Å². The third-order valence-electron chi connectivity index (χ3n) is 9.23. The van der Waals surface area contributed by atoms with Gasteiger partial charge in [-0.3, -0.25) is 14.1 Å². The number of rotatable bonds is 15. The van der Waals surface area contributed by atoms with Crippen molar-refractivity contribution in [2.75, 3.05) is 25.9 Å². The fraction of sp³-hybridized carbons (Fsp3) is 0.211. The molecule has 2 unspecified atom stereocenters. The smallest absolute Gasteiger partial charge is 0.339 e. The van der Waals surface area contributed by atoms with Gasteiger partial charge in [0.15, 0.2) is 10.5 Å². The molecule has 292 valence electrons. The fourth-order valence-corrected chi connectivity index (χ4v) is 10.8. The number of nitrogen functional groups attached to an aromatic ring is 1. The lowest BCUT2D eigenvalue weighted by Gasteiger charge is -2.23. The normalized spacial score (nSPS) is 14.3. The van der Waals surface area contributed by atoms with Crippen LogP contribution >= 0.6 is 20.0 Å². The third-order valence-corrected chi connectivity index (χ3v) is 13.5. The van der Waals surface area contributed by atoms with E-state index in [-0.39, 0.29) is 42.6 Å². The molecule has 15 nitrogen and oxygen atoms in total. The van der Waals surface area contributed by atoms with Gasteiger partial charge in [0.05, 0.1) is 23.6 Å². The van der Waals surface area contributed by atoms with Gasteiger partial charge in [0.2, 0.25) is 5.91 Å². The zero-order valence-electron chi connectivity index (χ0n) is 29.7. The van der Waals surface area contributed by atoms with Crippen LogP contribution in [0.15, 0.2) is 105 Å². The molecule has 0 aliphatic heterocycles. The Morgan fingerprint density at radius 3 is 2.27 bits per heavy atom. The Bertz CT molecular complexity index is 2390. The minimum absolute atomic E-state index is 0.0257. The van der Waals surface area contributed by atoms with Crippen molar-refractivity contribution in [1.82, 2.24) is 10.6 Å². The molecule has 56 heavy (non-hydrogen) atoms. The molecule has 2 atom stereocenters. The maximum Gasteiger partial charge on any atom is 0.339 e. The summed E-state index contributed by atoms with van der Waals surface area (Å²) >= 11 is 0.625. The maximum absolute atomic E-state index is 13.4. The van der Waals surface area contributed by atoms with Crippen molar-refractivity contribution in [3.8, 4) is 0 Å². The Balaban J connectivity index is 1.17. The predicted molar refractivity (Wildman–Crippen MR) is 210 cm³/mol. The number of esters is 1. The highest BCUT2D eigenvalue weighted by Gasteiger charge is 2.38. The molecule has 6 rings (SSSR count). The van der Waals surface area contributed by atoms with E-state index in [1.165, 1.54) is 25.3 Å². The zero-order chi connectivity index (χ0) is 40.0. The van der Waals surface area contributed by atoms with Crippen molar-refractivity contribution in [1.29, 1.82) is 0 Å². The van der Waals surface area contributed by atoms with E-state index in [0.717, 1.165) is 10.6 Å². The molecule has 0 bridgehead atoms. The lowest BCUT2D eigenvalue weighted by Crippen LogP contribution is -2.36. The van der Waals surface area contributed by atoms with Crippen LogP contribution in [0.1, 0.15) is 50.6 Å². The summed E-state index contributed by atoms with van der Waals surface area (Å²) in [7, 11) is -4.86. The van der Waals surface area contributed by atoms with Crippen LogP contribution in [0.25, 0.3) is 11.0 Å². The number of hydrogen-bond donors (Lipinski definition) is 5. The third kappa shape index (κ3) is 8.79. The Hall–Kier alpha value is -5.13. The Morgan fingerprint density at radius 1 is 0.982 bits per heavy atom. The van der Waals surface area contributed by atoms with Crippen molar-refractivity contribution in [2.45, 2.75) is 35.3 Å². The second kappa shape index (κ2) is 17.8. The van der Waals surface area contributed by atoms with E-state index in [0.29, 0.717) is 40.5 Å². The number of fused-ring (bicyclic) bond motifs is 3. The summed E-state index contributed by atoms with van der Waals surface area (Å²) < 4.78 is 49.3. The Morgan fingerprint density at radius 2 is 1.64 bits per heavy atom. The quantitative estimate of drug-likeness (QED) is 0.0117. The molecule has 1 aliphatic carbocycles. The van der Waals surface area contributed by atoms with Crippen LogP contribution in [-0.4, -0.2) is 61.5 Å². The molecule has 0 radical (unpaired) electrons. The van der Waals surface area contributed by atoms with Gasteiger partial charge in [-0.05, 0) is 67.3 Å². The van der Waals surface area contributed by atoms with Crippen LogP contribution in [0.5, 0.6) is 0 Å². The van der Waals surface area contributed by atoms with Gasteiger partial charge in [0.25, 0.3) is 16.0 Å². The van der Waals surface area contributed by atoms with Crippen molar-refractivity contribution >= 4 is 80.4 Å². The first-order valence-corrected chi connectivity index (χ1v) is 20.7. The van der Waals surface area contributed by atoms with Crippen LogP contribution in [0.2, 0.25) is 0 Å². The molecular formula is C38H36N3O12PS2. The van der Waals surface area contributed by atoms with E-state index in [4.69, 9.17) is 24.5 Å². The molecule has 1 aromatic heterocycles. The van der Waals surface area contributed by atoms with E-state index in [2.05, 4.69) is 15.7 Å². The van der Waals surface area contributed by atoms with Gasteiger partial charge in [-0.15, -0.1) is 4.33 Å². The van der Waals surface area contributed by atoms with Crippen LogP contribution < -0.4 is 37.9 Å². The number of amides is 2. The average Bonchev–Trinajstić information content (AvgIpc) is 3.64. The number of benzene rings is 4. The van der Waals surface area contributed by atoms with Crippen LogP contribution in [-0.2, 0) is 35.4 Å². The summed E-state index contributed by atoms with van der Waals surface area (Å²) in [4.78, 5) is 51.8. The van der Waals surface area contributed by atoms with Crippen molar-refractivity contribution in [2.24, 2.45) is 0 Å². The van der Waals surface area contributed by atoms with Gasteiger partial charge < -0.3 is 25.5 Å². The molecule has 1 heterocycles. The number of nitrogens with one attached hydrogen (secondary N) is 2. The largest absolute Gasteiger partial charge is 0.465 e. The van der Waals surface area contributed by atoms with Gasteiger partial charge >= 0.3 is 11.6 Å². The Labute approximate surface area is 326 Å². The van der Waals surface area contributed by atoms with Crippen LogP contribution in [0, 0.1) is 0 Å². The topological polar surface area (TPSA) is 234 Å². The lowest BCUT2D eigenvalue weighted by atomic mass is 9.92. The molecular weight excluding hydrogens is 786 g/mol. The highest BCUT2D eigenvalue weighted by atomic mass is 32.2. The SMILES string of the molecule is COC(=O)c1ccc(C(=O)NCCNC(=O)CC(SOOO)C2CCc3c2c2ccc(N)c(S(=O)(=O)O)c2oc3=O)cc1P(c1ccccc1)c1ccccc1. The molecule has 6 N–H and O–H groups in total. The van der Waals surface area contributed by atoms with Crippen molar-refractivity contribution in [3.63, 3.8) is 0 Å². The van der Waals surface area contributed by atoms with E-state index in [1.807, 2.05) is 60.7 Å².